The number of carbonyl (C=O) groups is 1. The third-order valence-electron chi connectivity index (χ3n) is 2.71. The molecule has 3 nitrogen and oxygen atoms in total. The Balaban J connectivity index is 1.73. The van der Waals surface area contributed by atoms with Crippen LogP contribution in [0.2, 0.25) is 0 Å². The minimum absolute atomic E-state index is 0.105. The van der Waals surface area contributed by atoms with Gasteiger partial charge >= 0.3 is 5.97 Å². The third kappa shape index (κ3) is 2.36. The van der Waals surface area contributed by atoms with Gasteiger partial charge in [0.1, 0.15) is 5.75 Å². The molecule has 2 aromatic rings. The second-order valence-electron chi connectivity index (χ2n) is 4.09. The summed E-state index contributed by atoms with van der Waals surface area (Å²) in [6.45, 7) is 0. The normalized spacial score (nSPS) is 14.6. The van der Waals surface area contributed by atoms with Crippen LogP contribution < -0.4 is 4.74 Å². The van der Waals surface area contributed by atoms with E-state index >= 15 is 0 Å². The molecule has 1 aromatic heterocycles. The Morgan fingerprint density at radius 3 is 2.65 bits per heavy atom. The zero-order chi connectivity index (χ0) is 11.7. The van der Waals surface area contributed by atoms with Crippen molar-refractivity contribution in [1.29, 1.82) is 0 Å². The van der Waals surface area contributed by atoms with Crippen LogP contribution in [0.15, 0.2) is 35.2 Å². The lowest BCUT2D eigenvalue weighted by atomic mass is 10.2. The summed E-state index contributed by atoms with van der Waals surface area (Å²) in [5.41, 5.74) is 3.80. The maximum atomic E-state index is 11.5. The zero-order valence-corrected chi connectivity index (χ0v) is 9.94. The molecule has 0 atom stereocenters. The van der Waals surface area contributed by atoms with Crippen LogP contribution >= 0.6 is 11.3 Å². The van der Waals surface area contributed by atoms with Crippen molar-refractivity contribution in [2.24, 2.45) is 5.92 Å². The molecule has 4 heteroatoms. The quantitative estimate of drug-likeness (QED) is 0.616. The second-order valence-corrected chi connectivity index (χ2v) is 4.81. The Morgan fingerprint density at radius 2 is 2.06 bits per heavy atom. The van der Waals surface area contributed by atoms with Crippen LogP contribution in [-0.4, -0.2) is 11.0 Å². The van der Waals surface area contributed by atoms with Crippen molar-refractivity contribution in [2.75, 3.05) is 0 Å². The standard InChI is InChI=1S/C13H11NO2S/c15-13(10-1-2-10)16-11-5-3-9(4-6-11)12-7-17-8-14-12/h3-8,10H,1-2H2. The number of hydrogen-bond acceptors (Lipinski definition) is 4. The molecule has 0 bridgehead atoms. The van der Waals surface area contributed by atoms with E-state index in [9.17, 15) is 4.79 Å². The molecule has 1 aliphatic carbocycles. The monoisotopic (exact) mass is 245 g/mol. The summed E-state index contributed by atoms with van der Waals surface area (Å²) in [5.74, 6) is 0.639. The lowest BCUT2D eigenvalue weighted by Crippen LogP contribution is -2.09. The summed E-state index contributed by atoms with van der Waals surface area (Å²) in [6, 6.07) is 7.47. The molecule has 0 saturated heterocycles. The Hall–Kier alpha value is -1.68. The highest BCUT2D eigenvalue weighted by molar-refractivity contribution is 7.07. The molecular weight excluding hydrogens is 234 g/mol. The summed E-state index contributed by atoms with van der Waals surface area (Å²) < 4.78 is 5.25. The third-order valence-corrected chi connectivity index (χ3v) is 3.30. The van der Waals surface area contributed by atoms with Crippen molar-refractivity contribution >= 4 is 17.3 Å². The Morgan fingerprint density at radius 1 is 1.29 bits per heavy atom. The molecule has 17 heavy (non-hydrogen) atoms. The molecule has 0 aliphatic heterocycles. The first-order valence-corrected chi connectivity index (χ1v) is 6.47. The van der Waals surface area contributed by atoms with Crippen molar-refractivity contribution in [3.8, 4) is 17.0 Å². The molecular formula is C13H11NO2S. The number of nitrogens with zero attached hydrogens (tertiary/aromatic N) is 1. The van der Waals surface area contributed by atoms with E-state index in [0.29, 0.717) is 5.75 Å². The van der Waals surface area contributed by atoms with E-state index in [-0.39, 0.29) is 11.9 Å². The number of benzene rings is 1. The lowest BCUT2D eigenvalue weighted by Gasteiger charge is -2.03. The Bertz CT molecular complexity index is 515. The van der Waals surface area contributed by atoms with E-state index < -0.39 is 0 Å². The predicted octanol–water partition coefficient (Wildman–Crippen LogP) is 3.13. The van der Waals surface area contributed by atoms with Gasteiger partial charge in [-0.15, -0.1) is 11.3 Å². The summed E-state index contributed by atoms with van der Waals surface area (Å²) in [4.78, 5) is 15.7. The van der Waals surface area contributed by atoms with Crippen molar-refractivity contribution < 1.29 is 9.53 Å². The zero-order valence-electron chi connectivity index (χ0n) is 9.13. The van der Waals surface area contributed by atoms with Gasteiger partial charge in [-0.25, -0.2) is 4.98 Å². The van der Waals surface area contributed by atoms with Gasteiger partial charge in [0, 0.05) is 10.9 Å². The molecule has 3 rings (SSSR count). The number of thiazole rings is 1. The minimum Gasteiger partial charge on any atom is -0.426 e. The molecule has 0 spiro atoms. The van der Waals surface area contributed by atoms with E-state index in [0.717, 1.165) is 24.1 Å². The molecule has 1 aromatic carbocycles. The predicted molar refractivity (Wildman–Crippen MR) is 65.9 cm³/mol. The average Bonchev–Trinajstić information content (AvgIpc) is 3.07. The Labute approximate surface area is 103 Å². The topological polar surface area (TPSA) is 39.2 Å². The van der Waals surface area contributed by atoms with Crippen LogP contribution in [0.4, 0.5) is 0 Å². The number of aromatic nitrogens is 1. The van der Waals surface area contributed by atoms with Crippen LogP contribution in [-0.2, 0) is 4.79 Å². The molecule has 1 heterocycles. The van der Waals surface area contributed by atoms with Gasteiger partial charge in [0.05, 0.1) is 17.1 Å². The largest absolute Gasteiger partial charge is 0.426 e. The summed E-state index contributed by atoms with van der Waals surface area (Å²) in [6.07, 6.45) is 1.94. The molecule has 1 saturated carbocycles. The highest BCUT2D eigenvalue weighted by Crippen LogP contribution is 2.31. The van der Waals surface area contributed by atoms with Crippen molar-refractivity contribution in [2.45, 2.75) is 12.8 Å². The van der Waals surface area contributed by atoms with Crippen molar-refractivity contribution in [3.05, 3.63) is 35.2 Å². The highest BCUT2D eigenvalue weighted by Gasteiger charge is 2.31. The van der Waals surface area contributed by atoms with Crippen molar-refractivity contribution in [3.63, 3.8) is 0 Å². The van der Waals surface area contributed by atoms with Crippen LogP contribution in [0.1, 0.15) is 12.8 Å². The molecule has 0 unspecified atom stereocenters. The van der Waals surface area contributed by atoms with Crippen LogP contribution in [0.3, 0.4) is 0 Å². The molecule has 0 N–H and O–H groups in total. The SMILES string of the molecule is O=C(Oc1ccc(-c2cscn2)cc1)C1CC1. The number of ether oxygens (including phenoxy) is 1. The fourth-order valence-electron chi connectivity index (χ4n) is 1.57. The first-order chi connectivity index (χ1) is 8.33. The van der Waals surface area contributed by atoms with Crippen LogP contribution in [0.5, 0.6) is 5.75 Å². The molecule has 86 valence electrons. The van der Waals surface area contributed by atoms with Gasteiger partial charge in [-0.05, 0) is 37.1 Å². The van der Waals surface area contributed by atoms with Gasteiger partial charge < -0.3 is 4.74 Å². The smallest absolute Gasteiger partial charge is 0.314 e. The Kier molecular flexibility index (Phi) is 2.65. The molecule has 1 aliphatic rings. The fraction of sp³-hybridized carbons (Fsp3) is 0.231. The maximum absolute atomic E-state index is 11.5. The number of esters is 1. The molecule has 0 radical (unpaired) electrons. The first kappa shape index (κ1) is 10.5. The fourth-order valence-corrected chi connectivity index (χ4v) is 2.13. The second kappa shape index (κ2) is 4.30. The van der Waals surface area contributed by atoms with E-state index in [4.69, 9.17) is 4.74 Å². The minimum atomic E-state index is -0.105. The first-order valence-electron chi connectivity index (χ1n) is 5.53. The molecule has 0 amide bonds. The van der Waals surface area contributed by atoms with Crippen molar-refractivity contribution in [1.82, 2.24) is 4.98 Å². The van der Waals surface area contributed by atoms with E-state index in [1.807, 2.05) is 29.6 Å². The highest BCUT2D eigenvalue weighted by atomic mass is 32.1. The van der Waals surface area contributed by atoms with Crippen LogP contribution in [0.25, 0.3) is 11.3 Å². The summed E-state index contributed by atoms with van der Waals surface area (Å²) in [7, 11) is 0. The van der Waals surface area contributed by atoms with Crippen LogP contribution in [0, 0.1) is 5.92 Å². The van der Waals surface area contributed by atoms with Gasteiger partial charge in [0.2, 0.25) is 0 Å². The maximum Gasteiger partial charge on any atom is 0.314 e. The van der Waals surface area contributed by atoms with Gasteiger partial charge in [-0.2, -0.15) is 0 Å². The van der Waals surface area contributed by atoms with Gasteiger partial charge in [0.15, 0.2) is 0 Å². The average molecular weight is 245 g/mol. The summed E-state index contributed by atoms with van der Waals surface area (Å²) in [5, 5.41) is 1.99. The van der Waals surface area contributed by atoms with Gasteiger partial charge in [-0.3, -0.25) is 4.79 Å². The number of rotatable bonds is 3. The summed E-state index contributed by atoms with van der Waals surface area (Å²) >= 11 is 1.56. The van der Waals surface area contributed by atoms with E-state index in [1.165, 1.54) is 0 Å². The van der Waals surface area contributed by atoms with E-state index in [2.05, 4.69) is 4.98 Å². The van der Waals surface area contributed by atoms with E-state index in [1.54, 1.807) is 16.8 Å². The number of carbonyl (C=O) groups excluding carboxylic acids is 1. The number of hydrogen-bond donors (Lipinski definition) is 0. The molecule has 1 fully saturated rings. The lowest BCUT2D eigenvalue weighted by molar-refractivity contribution is -0.135. The van der Waals surface area contributed by atoms with Gasteiger partial charge in [0.25, 0.3) is 0 Å². The van der Waals surface area contributed by atoms with Gasteiger partial charge in [-0.1, -0.05) is 0 Å².